The molecule has 0 aliphatic heterocycles. The van der Waals surface area contributed by atoms with Crippen molar-refractivity contribution < 1.29 is 27.9 Å². The third-order valence-electron chi connectivity index (χ3n) is 2.12. The normalized spacial score (nSPS) is 11.2. The largest absolute Gasteiger partial charge is 0.478 e. The SMILES string of the molecule is CC(=O)Nc1cc(CC(F)(F)F)c(I)cc1C(=O)O. The molecule has 0 spiro atoms. The van der Waals surface area contributed by atoms with E-state index in [1.807, 2.05) is 0 Å². The van der Waals surface area contributed by atoms with Gasteiger partial charge in [-0.1, -0.05) is 0 Å². The molecular weight excluding hydrogens is 378 g/mol. The fourth-order valence-electron chi connectivity index (χ4n) is 1.44. The van der Waals surface area contributed by atoms with Gasteiger partial charge in [-0.3, -0.25) is 4.79 Å². The summed E-state index contributed by atoms with van der Waals surface area (Å²) in [5.41, 5.74) is -0.466. The molecule has 0 aliphatic rings. The highest BCUT2D eigenvalue weighted by Gasteiger charge is 2.29. The van der Waals surface area contributed by atoms with E-state index in [2.05, 4.69) is 5.32 Å². The van der Waals surface area contributed by atoms with E-state index in [4.69, 9.17) is 5.11 Å². The lowest BCUT2D eigenvalue weighted by molar-refractivity contribution is -0.127. The molecule has 0 heterocycles. The number of aromatic carboxylic acids is 1. The van der Waals surface area contributed by atoms with Crippen molar-refractivity contribution in [3.63, 3.8) is 0 Å². The van der Waals surface area contributed by atoms with Crippen LogP contribution in [-0.2, 0) is 11.2 Å². The Labute approximate surface area is 120 Å². The van der Waals surface area contributed by atoms with Gasteiger partial charge >= 0.3 is 12.1 Å². The molecule has 0 atom stereocenters. The van der Waals surface area contributed by atoms with Crippen LogP contribution in [0.15, 0.2) is 12.1 Å². The van der Waals surface area contributed by atoms with Gasteiger partial charge < -0.3 is 10.4 Å². The molecule has 1 aromatic rings. The molecule has 0 radical (unpaired) electrons. The standard InChI is InChI=1S/C11H9F3INO3/c1-5(17)16-9-2-6(4-11(12,13)14)8(15)3-7(9)10(18)19/h2-3H,4H2,1H3,(H,16,17)(H,18,19). The van der Waals surface area contributed by atoms with E-state index in [0.29, 0.717) is 0 Å². The van der Waals surface area contributed by atoms with Crippen molar-refractivity contribution in [2.75, 3.05) is 5.32 Å². The lowest BCUT2D eigenvalue weighted by atomic mass is 10.1. The lowest BCUT2D eigenvalue weighted by Gasteiger charge is -2.13. The van der Waals surface area contributed by atoms with Crippen LogP contribution in [0.25, 0.3) is 0 Å². The summed E-state index contributed by atoms with van der Waals surface area (Å²) in [4.78, 5) is 21.9. The molecule has 0 aliphatic carbocycles. The van der Waals surface area contributed by atoms with E-state index < -0.39 is 24.5 Å². The Morgan fingerprint density at radius 3 is 2.37 bits per heavy atom. The topological polar surface area (TPSA) is 66.4 Å². The molecule has 0 fully saturated rings. The van der Waals surface area contributed by atoms with E-state index in [1.54, 1.807) is 22.6 Å². The zero-order valence-corrected chi connectivity index (χ0v) is 11.8. The van der Waals surface area contributed by atoms with Crippen LogP contribution >= 0.6 is 22.6 Å². The molecule has 4 nitrogen and oxygen atoms in total. The van der Waals surface area contributed by atoms with E-state index in [-0.39, 0.29) is 20.4 Å². The summed E-state index contributed by atoms with van der Waals surface area (Å²) in [6, 6.07) is 2.15. The van der Waals surface area contributed by atoms with Crippen molar-refractivity contribution in [1.82, 2.24) is 0 Å². The number of nitrogens with one attached hydrogen (secondary N) is 1. The summed E-state index contributed by atoms with van der Waals surface area (Å²) in [7, 11) is 0. The number of alkyl halides is 3. The molecule has 0 saturated heterocycles. The summed E-state index contributed by atoms with van der Waals surface area (Å²) in [6.07, 6.45) is -5.59. The van der Waals surface area contributed by atoms with Crippen LogP contribution in [0.4, 0.5) is 18.9 Å². The first-order valence-electron chi connectivity index (χ1n) is 5.00. The van der Waals surface area contributed by atoms with Crippen molar-refractivity contribution in [3.05, 3.63) is 26.8 Å². The molecule has 8 heteroatoms. The van der Waals surface area contributed by atoms with Gasteiger partial charge in [0.15, 0.2) is 0 Å². The second kappa shape index (κ2) is 5.76. The van der Waals surface area contributed by atoms with Gasteiger partial charge in [-0.15, -0.1) is 0 Å². The van der Waals surface area contributed by atoms with Crippen molar-refractivity contribution in [2.45, 2.75) is 19.5 Å². The Balaban J connectivity index is 3.29. The van der Waals surface area contributed by atoms with Crippen LogP contribution < -0.4 is 5.32 Å². The highest BCUT2D eigenvalue weighted by atomic mass is 127. The number of carboxylic acids is 1. The number of carboxylic acid groups (broad SMARTS) is 1. The minimum absolute atomic E-state index is 0.0816. The van der Waals surface area contributed by atoms with E-state index >= 15 is 0 Å². The van der Waals surface area contributed by atoms with Gasteiger partial charge in [-0.05, 0) is 40.3 Å². The molecule has 0 unspecified atom stereocenters. The molecule has 0 saturated carbocycles. The second-order valence-electron chi connectivity index (χ2n) is 3.77. The van der Waals surface area contributed by atoms with Crippen LogP contribution in [0.3, 0.4) is 0 Å². The van der Waals surface area contributed by atoms with Gasteiger partial charge in [0.25, 0.3) is 0 Å². The fourth-order valence-corrected chi connectivity index (χ4v) is 2.10. The summed E-state index contributed by atoms with van der Waals surface area (Å²) in [5.74, 6) is -1.87. The minimum Gasteiger partial charge on any atom is -0.478 e. The van der Waals surface area contributed by atoms with Crippen molar-refractivity contribution in [2.24, 2.45) is 0 Å². The summed E-state index contributed by atoms with van der Waals surface area (Å²) in [6.45, 7) is 1.15. The van der Waals surface area contributed by atoms with Crippen molar-refractivity contribution in [1.29, 1.82) is 0 Å². The van der Waals surface area contributed by atoms with Crippen molar-refractivity contribution in [3.8, 4) is 0 Å². The Morgan fingerprint density at radius 1 is 1.37 bits per heavy atom. The Hall–Kier alpha value is -1.32. The minimum atomic E-state index is -4.40. The van der Waals surface area contributed by atoms with Crippen LogP contribution in [0.5, 0.6) is 0 Å². The predicted octanol–water partition coefficient (Wildman–Crippen LogP) is 3.05. The molecule has 1 amide bonds. The molecule has 0 aromatic heterocycles. The van der Waals surface area contributed by atoms with Crippen molar-refractivity contribution >= 4 is 40.2 Å². The molecule has 19 heavy (non-hydrogen) atoms. The quantitative estimate of drug-likeness (QED) is 0.784. The van der Waals surface area contributed by atoms with E-state index in [1.165, 1.54) is 0 Å². The van der Waals surface area contributed by atoms with Gasteiger partial charge in [-0.2, -0.15) is 13.2 Å². The highest BCUT2D eigenvalue weighted by molar-refractivity contribution is 14.1. The Morgan fingerprint density at radius 2 is 1.95 bits per heavy atom. The third-order valence-corrected chi connectivity index (χ3v) is 3.12. The maximum Gasteiger partial charge on any atom is 0.393 e. The van der Waals surface area contributed by atoms with Gasteiger partial charge in [0, 0.05) is 10.5 Å². The van der Waals surface area contributed by atoms with Gasteiger partial charge in [-0.25, -0.2) is 4.79 Å². The van der Waals surface area contributed by atoms with Crippen LogP contribution in [0, 0.1) is 3.57 Å². The summed E-state index contributed by atoms with van der Waals surface area (Å²) >= 11 is 1.63. The molecule has 2 N–H and O–H groups in total. The van der Waals surface area contributed by atoms with E-state index in [9.17, 15) is 22.8 Å². The Kier molecular flexibility index (Phi) is 4.77. The summed E-state index contributed by atoms with van der Waals surface area (Å²) in [5, 5.41) is 11.2. The molecule has 104 valence electrons. The Bertz CT molecular complexity index is 529. The average Bonchev–Trinajstić information content (AvgIpc) is 2.19. The number of halogens is 4. The van der Waals surface area contributed by atoms with Crippen LogP contribution in [-0.4, -0.2) is 23.2 Å². The number of rotatable bonds is 3. The number of hydrogen-bond donors (Lipinski definition) is 2. The fraction of sp³-hybridized carbons (Fsp3) is 0.273. The number of amides is 1. The number of anilines is 1. The zero-order chi connectivity index (χ0) is 14.8. The first-order valence-corrected chi connectivity index (χ1v) is 6.08. The molecular formula is C11H9F3INO3. The number of benzene rings is 1. The zero-order valence-electron chi connectivity index (χ0n) is 9.64. The number of hydrogen-bond acceptors (Lipinski definition) is 2. The summed E-state index contributed by atoms with van der Waals surface area (Å²) < 4.78 is 37.3. The maximum absolute atomic E-state index is 12.4. The number of carbonyl (C=O) groups excluding carboxylic acids is 1. The third kappa shape index (κ3) is 4.69. The predicted molar refractivity (Wildman–Crippen MR) is 70.2 cm³/mol. The molecule has 1 aromatic carbocycles. The average molecular weight is 387 g/mol. The maximum atomic E-state index is 12.4. The molecule has 1 rings (SSSR count). The molecule has 0 bridgehead atoms. The van der Waals surface area contributed by atoms with Crippen LogP contribution in [0.2, 0.25) is 0 Å². The van der Waals surface area contributed by atoms with Crippen LogP contribution in [0.1, 0.15) is 22.8 Å². The van der Waals surface area contributed by atoms with Gasteiger partial charge in [0.05, 0.1) is 17.7 Å². The first kappa shape index (κ1) is 15.7. The monoisotopic (exact) mass is 387 g/mol. The first-order chi connectivity index (χ1) is 8.60. The van der Waals surface area contributed by atoms with Gasteiger partial charge in [0.1, 0.15) is 0 Å². The second-order valence-corrected chi connectivity index (χ2v) is 4.93. The number of carbonyl (C=O) groups is 2. The van der Waals surface area contributed by atoms with E-state index in [0.717, 1.165) is 19.1 Å². The smallest absolute Gasteiger partial charge is 0.393 e. The van der Waals surface area contributed by atoms with Gasteiger partial charge in [0.2, 0.25) is 5.91 Å². The highest BCUT2D eigenvalue weighted by Crippen LogP contribution is 2.29. The lowest BCUT2D eigenvalue weighted by Crippen LogP contribution is -2.16.